The SMILES string of the molecule is O=C(O)CCCOCCCNC(=O)OCC1c2ccccc2-c2ccccc21. The molecule has 3 rings (SSSR count). The molecule has 0 aliphatic heterocycles. The molecule has 1 aliphatic rings. The second kappa shape index (κ2) is 9.90. The van der Waals surface area contributed by atoms with Crippen LogP contribution in [0.2, 0.25) is 0 Å². The fourth-order valence-corrected chi connectivity index (χ4v) is 3.44. The first-order chi connectivity index (χ1) is 13.7. The molecular weight excluding hydrogens is 358 g/mol. The summed E-state index contributed by atoms with van der Waals surface area (Å²) in [6.07, 6.45) is 0.817. The summed E-state index contributed by atoms with van der Waals surface area (Å²) in [5.74, 6) is -0.767. The molecular formula is C22H25NO5. The molecule has 0 spiro atoms. The molecule has 1 amide bonds. The number of benzene rings is 2. The van der Waals surface area contributed by atoms with E-state index in [4.69, 9.17) is 14.6 Å². The predicted octanol–water partition coefficient (Wildman–Crippen LogP) is 3.80. The molecule has 28 heavy (non-hydrogen) atoms. The molecule has 0 fully saturated rings. The van der Waals surface area contributed by atoms with Crippen LogP contribution in [0.15, 0.2) is 48.5 Å². The minimum atomic E-state index is -0.819. The third kappa shape index (κ3) is 5.10. The number of nitrogens with one attached hydrogen (secondary N) is 1. The van der Waals surface area contributed by atoms with Crippen molar-refractivity contribution < 1.29 is 24.2 Å². The summed E-state index contributed by atoms with van der Waals surface area (Å²) < 4.78 is 10.8. The van der Waals surface area contributed by atoms with E-state index < -0.39 is 12.1 Å². The Morgan fingerprint density at radius 1 is 0.929 bits per heavy atom. The number of carboxylic acid groups (broad SMARTS) is 1. The van der Waals surface area contributed by atoms with Crippen molar-refractivity contribution in [3.05, 3.63) is 59.7 Å². The Kier molecular flexibility index (Phi) is 7.03. The van der Waals surface area contributed by atoms with E-state index in [0.29, 0.717) is 39.2 Å². The standard InChI is InChI=1S/C22H25NO5/c24-21(25)11-5-13-27-14-6-12-23-22(26)28-15-20-18-9-3-1-7-16(18)17-8-2-4-10-19(17)20/h1-4,7-10,20H,5-6,11-15H2,(H,23,26)(H,24,25). The normalized spacial score (nSPS) is 12.3. The van der Waals surface area contributed by atoms with Crippen molar-refractivity contribution in [3.63, 3.8) is 0 Å². The highest BCUT2D eigenvalue weighted by atomic mass is 16.5. The molecule has 2 N–H and O–H groups in total. The van der Waals surface area contributed by atoms with Crippen molar-refractivity contribution in [2.75, 3.05) is 26.4 Å². The third-order valence-corrected chi connectivity index (χ3v) is 4.76. The molecule has 1 aliphatic carbocycles. The van der Waals surface area contributed by atoms with Crippen LogP contribution in [-0.2, 0) is 14.3 Å². The molecule has 0 bridgehead atoms. The molecule has 0 radical (unpaired) electrons. The van der Waals surface area contributed by atoms with Gasteiger partial charge in [-0.05, 0) is 35.1 Å². The van der Waals surface area contributed by atoms with Crippen LogP contribution in [0.5, 0.6) is 0 Å². The fraction of sp³-hybridized carbons (Fsp3) is 0.364. The first-order valence-corrected chi connectivity index (χ1v) is 9.55. The van der Waals surface area contributed by atoms with Crippen molar-refractivity contribution in [3.8, 4) is 11.1 Å². The highest BCUT2D eigenvalue weighted by Crippen LogP contribution is 2.44. The van der Waals surface area contributed by atoms with Gasteiger partial charge in [-0.2, -0.15) is 0 Å². The van der Waals surface area contributed by atoms with E-state index in [2.05, 4.69) is 29.6 Å². The summed E-state index contributed by atoms with van der Waals surface area (Å²) in [7, 11) is 0. The van der Waals surface area contributed by atoms with E-state index in [9.17, 15) is 9.59 Å². The van der Waals surface area contributed by atoms with Gasteiger partial charge in [-0.3, -0.25) is 4.79 Å². The number of carbonyl (C=O) groups excluding carboxylic acids is 1. The molecule has 0 heterocycles. The van der Waals surface area contributed by atoms with Crippen molar-refractivity contribution in [1.29, 1.82) is 0 Å². The molecule has 148 valence electrons. The van der Waals surface area contributed by atoms with E-state index in [1.165, 1.54) is 22.3 Å². The van der Waals surface area contributed by atoms with Gasteiger partial charge >= 0.3 is 12.1 Å². The Bertz CT molecular complexity index is 775. The number of hydrogen-bond donors (Lipinski definition) is 2. The summed E-state index contributed by atoms with van der Waals surface area (Å²) in [5, 5.41) is 11.3. The topological polar surface area (TPSA) is 84.9 Å². The number of ether oxygens (including phenoxy) is 2. The largest absolute Gasteiger partial charge is 0.481 e. The minimum Gasteiger partial charge on any atom is -0.481 e. The first kappa shape index (κ1) is 19.9. The number of amides is 1. The lowest BCUT2D eigenvalue weighted by atomic mass is 9.98. The Labute approximate surface area is 164 Å². The lowest BCUT2D eigenvalue weighted by Crippen LogP contribution is -2.27. The van der Waals surface area contributed by atoms with Gasteiger partial charge in [-0.1, -0.05) is 48.5 Å². The Morgan fingerprint density at radius 3 is 2.18 bits per heavy atom. The minimum absolute atomic E-state index is 0.0516. The van der Waals surface area contributed by atoms with Crippen LogP contribution in [-0.4, -0.2) is 43.5 Å². The zero-order valence-electron chi connectivity index (χ0n) is 15.7. The molecule has 0 aromatic heterocycles. The maximum Gasteiger partial charge on any atom is 0.407 e. The van der Waals surface area contributed by atoms with Crippen molar-refractivity contribution >= 4 is 12.1 Å². The van der Waals surface area contributed by atoms with E-state index in [-0.39, 0.29) is 12.3 Å². The van der Waals surface area contributed by atoms with E-state index in [1.807, 2.05) is 24.3 Å². The van der Waals surface area contributed by atoms with Gasteiger partial charge in [0.25, 0.3) is 0 Å². The van der Waals surface area contributed by atoms with Gasteiger partial charge in [0.1, 0.15) is 6.61 Å². The van der Waals surface area contributed by atoms with E-state index in [0.717, 1.165) is 0 Å². The Hall–Kier alpha value is -2.86. The predicted molar refractivity (Wildman–Crippen MR) is 105 cm³/mol. The van der Waals surface area contributed by atoms with Crippen LogP contribution in [0.1, 0.15) is 36.3 Å². The molecule has 0 saturated heterocycles. The number of aliphatic carboxylic acids is 1. The first-order valence-electron chi connectivity index (χ1n) is 9.55. The molecule has 6 heteroatoms. The van der Waals surface area contributed by atoms with Gasteiger partial charge in [-0.15, -0.1) is 0 Å². The highest BCUT2D eigenvalue weighted by molar-refractivity contribution is 5.79. The lowest BCUT2D eigenvalue weighted by Gasteiger charge is -2.14. The maximum absolute atomic E-state index is 12.0. The number of carboxylic acids is 1. The summed E-state index contributed by atoms with van der Waals surface area (Å²) in [6, 6.07) is 16.4. The summed E-state index contributed by atoms with van der Waals surface area (Å²) in [6.45, 7) is 1.64. The van der Waals surface area contributed by atoms with Crippen LogP contribution in [0.3, 0.4) is 0 Å². The second-order valence-corrected chi connectivity index (χ2v) is 6.72. The van der Waals surface area contributed by atoms with Crippen LogP contribution in [0.25, 0.3) is 11.1 Å². The zero-order valence-corrected chi connectivity index (χ0v) is 15.7. The van der Waals surface area contributed by atoms with E-state index in [1.54, 1.807) is 0 Å². The smallest absolute Gasteiger partial charge is 0.407 e. The van der Waals surface area contributed by atoms with Crippen molar-refractivity contribution in [2.45, 2.75) is 25.2 Å². The maximum atomic E-state index is 12.0. The molecule has 2 aromatic carbocycles. The number of fused-ring (bicyclic) bond motifs is 3. The third-order valence-electron chi connectivity index (χ3n) is 4.76. The molecule has 0 unspecified atom stereocenters. The van der Waals surface area contributed by atoms with Gasteiger partial charge in [0.15, 0.2) is 0 Å². The number of rotatable bonds is 10. The van der Waals surface area contributed by atoms with E-state index >= 15 is 0 Å². The van der Waals surface area contributed by atoms with Crippen molar-refractivity contribution in [2.24, 2.45) is 0 Å². The summed E-state index contributed by atoms with van der Waals surface area (Å²) in [4.78, 5) is 22.4. The Morgan fingerprint density at radius 2 is 1.54 bits per heavy atom. The van der Waals surface area contributed by atoms with Gasteiger partial charge in [-0.25, -0.2) is 4.79 Å². The van der Waals surface area contributed by atoms with Crippen LogP contribution in [0, 0.1) is 0 Å². The Balaban J connectivity index is 1.39. The zero-order chi connectivity index (χ0) is 19.8. The van der Waals surface area contributed by atoms with Gasteiger partial charge in [0, 0.05) is 32.1 Å². The summed E-state index contributed by atoms with van der Waals surface area (Å²) >= 11 is 0. The quantitative estimate of drug-likeness (QED) is 0.610. The van der Waals surface area contributed by atoms with Crippen molar-refractivity contribution in [1.82, 2.24) is 5.32 Å². The fourth-order valence-electron chi connectivity index (χ4n) is 3.44. The molecule has 0 atom stereocenters. The molecule has 2 aromatic rings. The number of carbonyl (C=O) groups is 2. The second-order valence-electron chi connectivity index (χ2n) is 6.72. The molecule has 6 nitrogen and oxygen atoms in total. The average molecular weight is 383 g/mol. The summed E-state index contributed by atoms with van der Waals surface area (Å²) in [5.41, 5.74) is 4.77. The monoisotopic (exact) mass is 383 g/mol. The number of hydrogen-bond acceptors (Lipinski definition) is 4. The van der Waals surface area contributed by atoms with Gasteiger partial charge < -0.3 is 19.9 Å². The van der Waals surface area contributed by atoms with Gasteiger partial charge in [0.05, 0.1) is 0 Å². The highest BCUT2D eigenvalue weighted by Gasteiger charge is 2.28. The number of alkyl carbamates (subject to hydrolysis) is 1. The lowest BCUT2D eigenvalue weighted by molar-refractivity contribution is -0.137. The molecule has 0 saturated carbocycles. The van der Waals surface area contributed by atoms with Gasteiger partial charge in [0.2, 0.25) is 0 Å². The average Bonchev–Trinajstić information content (AvgIpc) is 3.02. The van der Waals surface area contributed by atoms with Crippen LogP contribution in [0.4, 0.5) is 4.79 Å². The van der Waals surface area contributed by atoms with Crippen LogP contribution >= 0.6 is 0 Å². The van der Waals surface area contributed by atoms with Crippen LogP contribution < -0.4 is 5.32 Å².